The molecule has 4 N–H and O–H groups in total. The van der Waals surface area contributed by atoms with E-state index in [4.69, 9.17) is 11.5 Å². The molecule has 0 amide bonds. The van der Waals surface area contributed by atoms with E-state index in [1.165, 1.54) is 12.1 Å². The highest BCUT2D eigenvalue weighted by Gasteiger charge is 2.23. The van der Waals surface area contributed by atoms with Crippen LogP contribution in [0, 0.1) is 5.82 Å². The fourth-order valence-corrected chi connectivity index (χ4v) is 3.14. The minimum atomic E-state index is -0.214. The van der Waals surface area contributed by atoms with Crippen LogP contribution >= 0.6 is 0 Å². The maximum absolute atomic E-state index is 13.1. The molecule has 7 heteroatoms. The molecule has 2 heterocycles. The molecule has 1 aromatic carbocycles. The molecule has 1 aliphatic heterocycles. The highest BCUT2D eigenvalue weighted by molar-refractivity contribution is 5.68. The Bertz CT molecular complexity index is 695. The predicted octanol–water partition coefficient (Wildman–Crippen LogP) is 2.06. The summed E-state index contributed by atoms with van der Waals surface area (Å²) in [5.41, 5.74) is 14.7. The van der Waals surface area contributed by atoms with Crippen LogP contribution in [0.5, 0.6) is 0 Å². The topological polar surface area (TPSA) is 84.3 Å². The van der Waals surface area contributed by atoms with Crippen LogP contribution in [0.15, 0.2) is 24.3 Å². The van der Waals surface area contributed by atoms with Crippen LogP contribution < -0.4 is 21.3 Å². The largest absolute Gasteiger partial charge is 0.382 e. The van der Waals surface area contributed by atoms with E-state index < -0.39 is 0 Å². The zero-order valence-corrected chi connectivity index (χ0v) is 13.9. The van der Waals surface area contributed by atoms with Gasteiger partial charge in [-0.05, 0) is 30.7 Å². The van der Waals surface area contributed by atoms with Gasteiger partial charge in [0.25, 0.3) is 0 Å². The van der Waals surface area contributed by atoms with Gasteiger partial charge in [-0.15, -0.1) is 0 Å². The van der Waals surface area contributed by atoms with Crippen molar-refractivity contribution >= 4 is 23.1 Å². The molecule has 0 saturated carbocycles. The van der Waals surface area contributed by atoms with E-state index >= 15 is 0 Å². The third-order valence-electron chi connectivity index (χ3n) is 4.27. The maximum Gasteiger partial charge on any atom is 0.222 e. The number of nitrogen functional groups attached to an aromatic ring is 2. The van der Waals surface area contributed by atoms with Crippen LogP contribution in [-0.4, -0.2) is 36.1 Å². The van der Waals surface area contributed by atoms with E-state index in [2.05, 4.69) is 26.7 Å². The molecule has 0 bridgehead atoms. The second-order valence-electron chi connectivity index (χ2n) is 5.96. The van der Waals surface area contributed by atoms with Crippen molar-refractivity contribution in [3.8, 4) is 0 Å². The van der Waals surface area contributed by atoms with E-state index in [1.54, 1.807) is 0 Å². The molecule has 1 aromatic heterocycles. The van der Waals surface area contributed by atoms with Gasteiger partial charge in [-0.2, -0.15) is 4.98 Å². The molecule has 1 saturated heterocycles. The second-order valence-corrected chi connectivity index (χ2v) is 5.96. The lowest BCUT2D eigenvalue weighted by Gasteiger charge is -2.38. The Hall–Kier alpha value is -2.57. The van der Waals surface area contributed by atoms with Crippen molar-refractivity contribution in [2.75, 3.05) is 47.4 Å². The second kappa shape index (κ2) is 6.90. The number of nitrogens with two attached hydrogens (primary N) is 2. The molecule has 24 heavy (non-hydrogen) atoms. The summed E-state index contributed by atoms with van der Waals surface area (Å²) in [4.78, 5) is 13.0. The summed E-state index contributed by atoms with van der Waals surface area (Å²) in [5.74, 6) is 0.458. The standard InChI is InChI=1S/C17H23FN6/c1-2-3-14-15(16(19)22-17(20)21-14)24-10-8-23(9-11-24)13-6-4-12(18)5-7-13/h4-7H,2-3,8-11H2,1H3,(H4,19,20,21,22). The summed E-state index contributed by atoms with van der Waals surface area (Å²) in [6, 6.07) is 6.61. The van der Waals surface area contributed by atoms with Gasteiger partial charge in [0.2, 0.25) is 5.95 Å². The van der Waals surface area contributed by atoms with Gasteiger partial charge in [0, 0.05) is 31.9 Å². The molecule has 0 radical (unpaired) electrons. The Kier molecular flexibility index (Phi) is 4.69. The van der Waals surface area contributed by atoms with E-state index in [0.717, 1.165) is 56.1 Å². The molecular formula is C17H23FN6. The monoisotopic (exact) mass is 330 g/mol. The van der Waals surface area contributed by atoms with Crippen molar-refractivity contribution in [1.82, 2.24) is 9.97 Å². The van der Waals surface area contributed by atoms with Crippen molar-refractivity contribution in [2.24, 2.45) is 0 Å². The maximum atomic E-state index is 13.1. The number of benzene rings is 1. The molecule has 0 unspecified atom stereocenters. The molecule has 1 aliphatic rings. The fourth-order valence-electron chi connectivity index (χ4n) is 3.14. The number of anilines is 4. The third-order valence-corrected chi connectivity index (χ3v) is 4.27. The molecule has 128 valence electrons. The van der Waals surface area contributed by atoms with E-state index in [0.29, 0.717) is 5.82 Å². The molecule has 0 aliphatic carbocycles. The number of halogens is 1. The number of rotatable bonds is 4. The Morgan fingerprint density at radius 1 is 1.00 bits per heavy atom. The summed E-state index contributed by atoms with van der Waals surface area (Å²) in [7, 11) is 0. The molecular weight excluding hydrogens is 307 g/mol. The van der Waals surface area contributed by atoms with Crippen LogP contribution in [0.1, 0.15) is 19.0 Å². The Balaban J connectivity index is 1.76. The number of aryl methyl sites for hydroxylation is 1. The molecule has 0 spiro atoms. The highest BCUT2D eigenvalue weighted by atomic mass is 19.1. The number of piperazine rings is 1. The molecule has 3 rings (SSSR count). The van der Waals surface area contributed by atoms with Crippen LogP contribution in [0.2, 0.25) is 0 Å². The zero-order chi connectivity index (χ0) is 17.1. The minimum absolute atomic E-state index is 0.214. The number of aromatic nitrogens is 2. The first kappa shape index (κ1) is 16.3. The first-order valence-electron chi connectivity index (χ1n) is 8.25. The van der Waals surface area contributed by atoms with Crippen molar-refractivity contribution in [2.45, 2.75) is 19.8 Å². The summed E-state index contributed by atoms with van der Waals surface area (Å²) >= 11 is 0. The number of nitrogens with zero attached hydrogens (tertiary/aromatic N) is 4. The third kappa shape index (κ3) is 3.34. The van der Waals surface area contributed by atoms with Gasteiger partial charge in [-0.1, -0.05) is 13.3 Å². The SMILES string of the molecule is CCCc1nc(N)nc(N)c1N1CCN(c2ccc(F)cc2)CC1. The molecule has 1 fully saturated rings. The number of hydrogen-bond acceptors (Lipinski definition) is 6. The fraction of sp³-hybridized carbons (Fsp3) is 0.412. The van der Waals surface area contributed by atoms with Crippen LogP contribution in [0.25, 0.3) is 0 Å². The summed E-state index contributed by atoms with van der Waals surface area (Å²) in [6.07, 6.45) is 1.79. The first-order valence-corrected chi connectivity index (χ1v) is 8.25. The zero-order valence-electron chi connectivity index (χ0n) is 13.9. The molecule has 6 nitrogen and oxygen atoms in total. The quantitative estimate of drug-likeness (QED) is 0.893. The van der Waals surface area contributed by atoms with Crippen molar-refractivity contribution in [3.63, 3.8) is 0 Å². The lowest BCUT2D eigenvalue weighted by atomic mass is 10.1. The summed E-state index contributed by atoms with van der Waals surface area (Å²) in [6.45, 7) is 5.39. The smallest absolute Gasteiger partial charge is 0.222 e. The normalized spacial score (nSPS) is 14.9. The van der Waals surface area contributed by atoms with Gasteiger partial charge in [0.1, 0.15) is 11.5 Å². The van der Waals surface area contributed by atoms with Gasteiger partial charge in [-0.25, -0.2) is 9.37 Å². The number of hydrogen-bond donors (Lipinski definition) is 2. The Morgan fingerprint density at radius 3 is 2.25 bits per heavy atom. The Labute approximate surface area is 141 Å². The van der Waals surface area contributed by atoms with E-state index in [1.807, 2.05) is 12.1 Å². The van der Waals surface area contributed by atoms with Crippen LogP contribution in [0.4, 0.5) is 27.5 Å². The summed E-state index contributed by atoms with van der Waals surface area (Å²) in [5, 5.41) is 0. The first-order chi connectivity index (χ1) is 11.6. The van der Waals surface area contributed by atoms with Crippen molar-refractivity contribution < 1.29 is 4.39 Å². The average Bonchev–Trinajstić information content (AvgIpc) is 2.56. The van der Waals surface area contributed by atoms with Crippen LogP contribution in [0.3, 0.4) is 0 Å². The van der Waals surface area contributed by atoms with Crippen LogP contribution in [-0.2, 0) is 6.42 Å². The van der Waals surface area contributed by atoms with Crippen molar-refractivity contribution in [3.05, 3.63) is 35.8 Å². The van der Waals surface area contributed by atoms with Gasteiger partial charge in [0.15, 0.2) is 5.82 Å². The Morgan fingerprint density at radius 2 is 1.62 bits per heavy atom. The minimum Gasteiger partial charge on any atom is -0.382 e. The van der Waals surface area contributed by atoms with Crippen molar-refractivity contribution in [1.29, 1.82) is 0 Å². The van der Waals surface area contributed by atoms with E-state index in [9.17, 15) is 4.39 Å². The lowest BCUT2D eigenvalue weighted by molar-refractivity contribution is 0.624. The lowest BCUT2D eigenvalue weighted by Crippen LogP contribution is -2.47. The van der Waals surface area contributed by atoms with Gasteiger partial charge < -0.3 is 21.3 Å². The summed E-state index contributed by atoms with van der Waals surface area (Å²) < 4.78 is 13.1. The van der Waals surface area contributed by atoms with Gasteiger partial charge in [-0.3, -0.25) is 0 Å². The molecule has 0 atom stereocenters. The predicted molar refractivity (Wildman–Crippen MR) is 95.7 cm³/mol. The highest BCUT2D eigenvalue weighted by Crippen LogP contribution is 2.29. The van der Waals surface area contributed by atoms with Gasteiger partial charge in [0.05, 0.1) is 5.69 Å². The van der Waals surface area contributed by atoms with Gasteiger partial charge >= 0.3 is 0 Å². The van der Waals surface area contributed by atoms with E-state index in [-0.39, 0.29) is 11.8 Å². The average molecular weight is 330 g/mol. The molecule has 2 aromatic rings.